The van der Waals surface area contributed by atoms with Gasteiger partial charge in [-0.1, -0.05) is 65.5 Å². The summed E-state index contributed by atoms with van der Waals surface area (Å²) in [5.41, 5.74) is -0.774. The fourth-order valence-electron chi connectivity index (χ4n) is 9.68. The monoisotopic (exact) mass is 560 g/mol. The van der Waals surface area contributed by atoms with Crippen molar-refractivity contribution in [3.63, 3.8) is 0 Å². The molecule has 0 aromatic rings. The number of esters is 1. The van der Waals surface area contributed by atoms with Crippen LogP contribution in [0.2, 0.25) is 0 Å². The van der Waals surface area contributed by atoms with E-state index in [1.54, 1.807) is 0 Å². The third-order valence-electron chi connectivity index (χ3n) is 11.8. The second kappa shape index (κ2) is 11.8. The molecule has 4 aliphatic rings. The van der Waals surface area contributed by atoms with Gasteiger partial charge >= 0.3 is 17.9 Å². The number of hydrogen-bond donors (Lipinski definition) is 3. The number of carbonyl (C=O) groups is 3. The molecule has 4 aliphatic carbocycles. The lowest BCUT2D eigenvalue weighted by Gasteiger charge is -2.58. The first-order valence-corrected chi connectivity index (χ1v) is 15.8. The predicted molar refractivity (Wildman–Crippen MR) is 152 cm³/mol. The van der Waals surface area contributed by atoms with Crippen molar-refractivity contribution in [1.29, 1.82) is 0 Å². The van der Waals surface area contributed by atoms with Crippen LogP contribution in [0.3, 0.4) is 0 Å². The van der Waals surface area contributed by atoms with Crippen molar-refractivity contribution in [3.05, 3.63) is 11.6 Å². The first-order valence-electron chi connectivity index (χ1n) is 15.8. The van der Waals surface area contributed by atoms with Gasteiger partial charge in [-0.2, -0.15) is 0 Å². The predicted octanol–water partition coefficient (Wildman–Crippen LogP) is 6.62. The summed E-state index contributed by atoms with van der Waals surface area (Å²) in [5.74, 6) is 0.449. The average molecular weight is 561 g/mol. The summed E-state index contributed by atoms with van der Waals surface area (Å²) in [6.07, 6.45) is 12.8. The number of aliphatic hydroxyl groups is 1. The van der Waals surface area contributed by atoms with Gasteiger partial charge in [0.2, 0.25) is 0 Å². The number of allylic oxidation sites excluding steroid dienone is 1. The Kier molecular flexibility index (Phi) is 9.14. The van der Waals surface area contributed by atoms with Gasteiger partial charge in [-0.25, -0.2) is 4.79 Å². The van der Waals surface area contributed by atoms with E-state index in [9.17, 15) is 24.6 Å². The molecule has 40 heavy (non-hydrogen) atoms. The Bertz CT molecular complexity index is 1000. The Morgan fingerprint density at radius 2 is 1.73 bits per heavy atom. The number of carboxylic acids is 2. The minimum atomic E-state index is -2.66. The number of rotatable bonds is 11. The molecular formula is C33H52O7. The summed E-state index contributed by atoms with van der Waals surface area (Å²) < 4.78 is 5.63. The molecular weight excluding hydrogens is 508 g/mol. The summed E-state index contributed by atoms with van der Waals surface area (Å²) in [6, 6.07) is 0. The number of fused-ring (bicyclic) bond motifs is 5. The van der Waals surface area contributed by atoms with Crippen LogP contribution in [0, 0.1) is 46.3 Å². The normalized spacial score (nSPS) is 37.4. The van der Waals surface area contributed by atoms with E-state index in [1.165, 1.54) is 50.5 Å². The fourth-order valence-corrected chi connectivity index (χ4v) is 9.68. The van der Waals surface area contributed by atoms with E-state index in [0.29, 0.717) is 30.1 Å². The lowest BCUT2D eigenvalue weighted by molar-refractivity contribution is -0.174. The van der Waals surface area contributed by atoms with Gasteiger partial charge in [0.15, 0.2) is 5.60 Å². The first kappa shape index (κ1) is 31.1. The van der Waals surface area contributed by atoms with Crippen LogP contribution in [-0.4, -0.2) is 44.9 Å². The van der Waals surface area contributed by atoms with E-state index in [1.807, 2.05) is 0 Å². The molecule has 3 saturated carbocycles. The Morgan fingerprint density at radius 3 is 2.38 bits per heavy atom. The molecule has 3 N–H and O–H groups in total. The van der Waals surface area contributed by atoms with Crippen molar-refractivity contribution in [3.8, 4) is 0 Å². The molecule has 7 heteroatoms. The van der Waals surface area contributed by atoms with Gasteiger partial charge in [-0.15, -0.1) is 0 Å². The Labute approximate surface area is 240 Å². The van der Waals surface area contributed by atoms with E-state index in [0.717, 1.165) is 36.5 Å². The molecule has 0 heterocycles. The van der Waals surface area contributed by atoms with Crippen LogP contribution in [0.15, 0.2) is 11.6 Å². The van der Waals surface area contributed by atoms with Crippen LogP contribution < -0.4 is 0 Å². The van der Waals surface area contributed by atoms with Crippen LogP contribution in [-0.2, 0) is 19.1 Å². The lowest BCUT2D eigenvalue weighted by atomic mass is 9.47. The first-order chi connectivity index (χ1) is 18.7. The van der Waals surface area contributed by atoms with Gasteiger partial charge in [-0.05, 0) is 91.3 Å². The molecule has 3 fully saturated rings. The number of hydrogen-bond acceptors (Lipinski definition) is 5. The summed E-state index contributed by atoms with van der Waals surface area (Å²) in [5, 5.41) is 28.5. The Hall–Kier alpha value is -1.89. The molecule has 0 bridgehead atoms. The van der Waals surface area contributed by atoms with E-state index in [2.05, 4.69) is 40.7 Å². The summed E-state index contributed by atoms with van der Waals surface area (Å²) in [7, 11) is 0. The quantitative estimate of drug-likeness (QED) is 0.192. The highest BCUT2D eigenvalue weighted by Crippen LogP contribution is 2.67. The van der Waals surface area contributed by atoms with Gasteiger partial charge < -0.3 is 20.1 Å². The SMILES string of the molecule is CC(C)CCCC(C)[C@H]1CC[C@H]2[C@@H]3CC=C4C[C@@H](OC(=O)CC(O)(CC(=O)O)C(=O)O)CC[C@]4(C)[C@H]3CC[C@]12C. The maximum absolute atomic E-state index is 12.6. The minimum absolute atomic E-state index is 0.0965. The van der Waals surface area contributed by atoms with Gasteiger partial charge in [0.05, 0.1) is 12.8 Å². The van der Waals surface area contributed by atoms with Crippen molar-refractivity contribution in [1.82, 2.24) is 0 Å². The highest BCUT2D eigenvalue weighted by molar-refractivity contribution is 5.88. The Morgan fingerprint density at radius 1 is 1.00 bits per heavy atom. The maximum atomic E-state index is 12.6. The summed E-state index contributed by atoms with van der Waals surface area (Å²) >= 11 is 0. The Balaban J connectivity index is 1.40. The van der Waals surface area contributed by atoms with E-state index < -0.39 is 36.4 Å². The van der Waals surface area contributed by atoms with Crippen molar-refractivity contribution in [2.75, 3.05) is 0 Å². The highest BCUT2D eigenvalue weighted by atomic mass is 16.5. The smallest absolute Gasteiger partial charge is 0.336 e. The summed E-state index contributed by atoms with van der Waals surface area (Å²) in [4.78, 5) is 35.0. The molecule has 0 aromatic heterocycles. The zero-order valence-electron chi connectivity index (χ0n) is 25.3. The molecule has 4 rings (SSSR count). The third-order valence-corrected chi connectivity index (χ3v) is 11.8. The zero-order chi connectivity index (χ0) is 29.5. The van der Waals surface area contributed by atoms with Gasteiger partial charge in [-0.3, -0.25) is 9.59 Å². The molecule has 0 aromatic carbocycles. The standard InChI is InChI=1S/C33H52O7/c1-20(2)7-6-8-21(3)25-11-12-26-24-10-9-22-17-23(13-15-31(22,4)27(24)14-16-32(25,26)5)40-29(36)19-33(39,30(37)38)18-28(34)35/h9,20-21,23-27,39H,6-8,10-19H2,1-5H3,(H,34,35)(H,37,38)/t21?,23-,24-,25+,26-,27-,31-,32+,33?/m0/s1. The van der Waals surface area contributed by atoms with Crippen molar-refractivity contribution < 1.29 is 34.4 Å². The number of carbonyl (C=O) groups excluding carboxylic acids is 1. The highest BCUT2D eigenvalue weighted by Gasteiger charge is 2.59. The van der Waals surface area contributed by atoms with Gasteiger partial charge in [0, 0.05) is 6.42 Å². The van der Waals surface area contributed by atoms with E-state index in [4.69, 9.17) is 9.84 Å². The molecule has 0 amide bonds. The number of ether oxygens (including phenoxy) is 1. The average Bonchev–Trinajstić information content (AvgIpc) is 3.20. The second-order valence-electron chi connectivity index (χ2n) is 14.7. The van der Waals surface area contributed by atoms with Crippen LogP contribution in [0.1, 0.15) is 118 Å². The fraction of sp³-hybridized carbons (Fsp3) is 0.848. The molecule has 9 atom stereocenters. The molecule has 2 unspecified atom stereocenters. The van der Waals surface area contributed by atoms with E-state index >= 15 is 0 Å². The topological polar surface area (TPSA) is 121 Å². The molecule has 0 aliphatic heterocycles. The molecule has 0 spiro atoms. The van der Waals surface area contributed by atoms with Crippen molar-refractivity contribution in [2.45, 2.75) is 130 Å². The van der Waals surface area contributed by atoms with Crippen LogP contribution in [0.4, 0.5) is 0 Å². The van der Waals surface area contributed by atoms with Crippen molar-refractivity contribution >= 4 is 17.9 Å². The molecule has 226 valence electrons. The van der Waals surface area contributed by atoms with Gasteiger partial charge in [0.25, 0.3) is 0 Å². The molecule has 0 radical (unpaired) electrons. The molecule has 0 saturated heterocycles. The largest absolute Gasteiger partial charge is 0.481 e. The zero-order valence-corrected chi connectivity index (χ0v) is 25.3. The van der Waals surface area contributed by atoms with Crippen molar-refractivity contribution in [2.24, 2.45) is 46.3 Å². The van der Waals surface area contributed by atoms with Gasteiger partial charge in [0.1, 0.15) is 6.10 Å². The number of aliphatic carboxylic acids is 2. The molecule has 7 nitrogen and oxygen atoms in total. The second-order valence-corrected chi connectivity index (χ2v) is 14.7. The van der Waals surface area contributed by atoms with Crippen LogP contribution in [0.25, 0.3) is 0 Å². The lowest BCUT2D eigenvalue weighted by Crippen LogP contribution is -2.51. The van der Waals surface area contributed by atoms with Crippen LogP contribution >= 0.6 is 0 Å². The minimum Gasteiger partial charge on any atom is -0.481 e. The van der Waals surface area contributed by atoms with Crippen LogP contribution in [0.5, 0.6) is 0 Å². The van der Waals surface area contributed by atoms with E-state index in [-0.39, 0.29) is 11.5 Å². The summed E-state index contributed by atoms with van der Waals surface area (Å²) in [6.45, 7) is 12.2. The number of carboxylic acid groups (broad SMARTS) is 2. The maximum Gasteiger partial charge on any atom is 0.336 e. The third kappa shape index (κ3) is 6.00.